The summed E-state index contributed by atoms with van der Waals surface area (Å²) in [5.41, 5.74) is 6.16. The molecule has 8 heteroatoms. The number of carbonyl (C=O) groups is 2. The molecule has 2 heterocycles. The van der Waals surface area contributed by atoms with Gasteiger partial charge in [-0.25, -0.2) is 0 Å². The van der Waals surface area contributed by atoms with Crippen LogP contribution in [0.15, 0.2) is 120 Å². The zero-order chi connectivity index (χ0) is 31.9. The van der Waals surface area contributed by atoms with E-state index in [9.17, 15) is 9.59 Å². The lowest BCUT2D eigenvalue weighted by Crippen LogP contribution is -2.41. The molecular weight excluding hydrogens is 642 g/mol. The second-order valence-corrected chi connectivity index (χ2v) is 12.3. The van der Waals surface area contributed by atoms with E-state index in [1.165, 1.54) is 0 Å². The van der Waals surface area contributed by atoms with Crippen LogP contribution in [-0.2, 0) is 6.61 Å². The molecule has 0 unspecified atom stereocenters. The zero-order valence-corrected chi connectivity index (χ0v) is 27.1. The lowest BCUT2D eigenvalue weighted by atomic mass is 10.0. The average Bonchev–Trinajstić information content (AvgIpc) is 3.09. The lowest BCUT2D eigenvalue weighted by molar-refractivity contribution is 0.0595. The average molecular weight is 677 g/mol. The second kappa shape index (κ2) is 14.4. The highest BCUT2D eigenvalue weighted by atomic mass is 79.9. The van der Waals surface area contributed by atoms with Crippen molar-refractivity contribution in [2.24, 2.45) is 0 Å². The molecule has 232 valence electrons. The van der Waals surface area contributed by atoms with Gasteiger partial charge in [0.25, 0.3) is 11.8 Å². The van der Waals surface area contributed by atoms with Gasteiger partial charge >= 0.3 is 0 Å². The normalized spacial score (nSPS) is 13.2. The lowest BCUT2D eigenvalue weighted by Gasteiger charge is -2.32. The summed E-state index contributed by atoms with van der Waals surface area (Å²) in [7, 11) is 0. The monoisotopic (exact) mass is 675 g/mol. The van der Waals surface area contributed by atoms with Crippen LogP contribution in [0.2, 0.25) is 0 Å². The Morgan fingerprint density at radius 3 is 2.07 bits per heavy atom. The summed E-state index contributed by atoms with van der Waals surface area (Å²) in [4.78, 5) is 31.4. The number of ether oxygens (including phenoxy) is 2. The minimum Gasteiger partial charge on any atom is -0.490 e. The molecule has 0 atom stereocenters. The number of carbonyl (C=O) groups excluding carboxylic acids is 2. The number of benzene rings is 4. The molecule has 7 nitrogen and oxygen atoms in total. The minimum atomic E-state index is -0.192. The zero-order valence-electron chi connectivity index (χ0n) is 25.5. The van der Waals surface area contributed by atoms with Crippen molar-refractivity contribution < 1.29 is 19.1 Å². The molecular formula is C38H34BrN3O4. The molecule has 46 heavy (non-hydrogen) atoms. The van der Waals surface area contributed by atoms with Crippen molar-refractivity contribution >= 4 is 33.4 Å². The maximum Gasteiger partial charge on any atom is 0.255 e. The predicted molar refractivity (Wildman–Crippen MR) is 183 cm³/mol. The van der Waals surface area contributed by atoms with Crippen LogP contribution in [0, 0.1) is 6.92 Å². The molecule has 0 saturated carbocycles. The SMILES string of the molecule is Cc1ccc(C(=O)N2CCC(Oc3ccc(COc4ccc(-c5ccc(C(=O)Nc6cncc(Br)c6)cc5)cc4)cc3)CC2)cc1. The summed E-state index contributed by atoms with van der Waals surface area (Å²) < 4.78 is 13.0. The fourth-order valence-corrected chi connectivity index (χ4v) is 5.68. The molecule has 0 radical (unpaired) electrons. The highest BCUT2D eigenvalue weighted by Gasteiger charge is 2.24. The van der Waals surface area contributed by atoms with E-state index in [4.69, 9.17) is 9.47 Å². The molecule has 5 aromatic rings. The van der Waals surface area contributed by atoms with E-state index in [1.54, 1.807) is 18.5 Å². The molecule has 2 amide bonds. The van der Waals surface area contributed by atoms with Gasteiger partial charge in [-0.05, 0) is 94.1 Å². The highest BCUT2D eigenvalue weighted by molar-refractivity contribution is 9.10. The summed E-state index contributed by atoms with van der Waals surface area (Å²) in [6, 6.07) is 32.9. The third kappa shape index (κ3) is 8.00. The third-order valence-electron chi connectivity index (χ3n) is 7.96. The maximum atomic E-state index is 12.8. The van der Waals surface area contributed by atoms with Crippen LogP contribution >= 0.6 is 15.9 Å². The Labute approximate surface area is 277 Å². The molecule has 0 aliphatic carbocycles. The summed E-state index contributed by atoms with van der Waals surface area (Å²) in [5, 5.41) is 2.86. The van der Waals surface area contributed by atoms with E-state index in [1.807, 2.05) is 109 Å². The van der Waals surface area contributed by atoms with Crippen LogP contribution in [0.5, 0.6) is 11.5 Å². The molecule has 4 aromatic carbocycles. The molecule has 0 bridgehead atoms. The van der Waals surface area contributed by atoms with Gasteiger partial charge in [-0.15, -0.1) is 0 Å². The van der Waals surface area contributed by atoms with Gasteiger partial charge < -0.3 is 19.7 Å². The number of hydrogen-bond acceptors (Lipinski definition) is 5. The number of pyridine rings is 1. The van der Waals surface area contributed by atoms with E-state index >= 15 is 0 Å². The Morgan fingerprint density at radius 2 is 1.41 bits per heavy atom. The van der Waals surface area contributed by atoms with Crippen LogP contribution in [0.1, 0.15) is 44.7 Å². The van der Waals surface area contributed by atoms with Crippen molar-refractivity contribution in [3.8, 4) is 22.6 Å². The third-order valence-corrected chi connectivity index (χ3v) is 8.39. The van der Waals surface area contributed by atoms with Crippen LogP contribution < -0.4 is 14.8 Å². The number of nitrogens with one attached hydrogen (secondary N) is 1. The van der Waals surface area contributed by atoms with Gasteiger partial charge in [-0.2, -0.15) is 0 Å². The standard InChI is InChI=1S/C38H34BrN3O4/c1-26-2-6-31(7-3-26)38(44)42-20-18-36(19-21-42)46-35-14-4-27(5-15-35)25-45-34-16-12-29(13-17-34)28-8-10-30(11-9-28)37(43)41-33-22-32(39)23-40-24-33/h2-17,22-24,36H,18-21,25H2,1H3,(H,41,43). The first-order chi connectivity index (χ1) is 22.4. The number of anilines is 1. The van der Waals surface area contributed by atoms with E-state index < -0.39 is 0 Å². The molecule has 1 saturated heterocycles. The van der Waals surface area contributed by atoms with Gasteiger partial charge in [-0.1, -0.05) is 54.1 Å². The van der Waals surface area contributed by atoms with E-state index in [0.29, 0.717) is 30.9 Å². The summed E-state index contributed by atoms with van der Waals surface area (Å²) in [6.07, 6.45) is 4.98. The van der Waals surface area contributed by atoms with Gasteiger partial charge in [0, 0.05) is 47.7 Å². The highest BCUT2D eigenvalue weighted by Crippen LogP contribution is 2.25. The number of nitrogens with zero attached hydrogens (tertiary/aromatic N) is 2. The Hall–Kier alpha value is -4.95. The van der Waals surface area contributed by atoms with Crippen molar-refractivity contribution in [3.05, 3.63) is 142 Å². The minimum absolute atomic E-state index is 0.0869. The maximum absolute atomic E-state index is 12.8. The number of aryl methyl sites for hydroxylation is 1. The number of amides is 2. The Morgan fingerprint density at radius 1 is 0.804 bits per heavy atom. The summed E-state index contributed by atoms with van der Waals surface area (Å²) >= 11 is 3.36. The van der Waals surface area contributed by atoms with Gasteiger partial charge in [-0.3, -0.25) is 14.6 Å². The van der Waals surface area contributed by atoms with Crippen molar-refractivity contribution in [1.82, 2.24) is 9.88 Å². The van der Waals surface area contributed by atoms with Crippen LogP contribution in [0.25, 0.3) is 11.1 Å². The molecule has 1 aliphatic rings. The molecule has 1 aromatic heterocycles. The van der Waals surface area contributed by atoms with E-state index in [2.05, 4.69) is 26.2 Å². The quantitative estimate of drug-likeness (QED) is 0.170. The molecule has 6 rings (SSSR count). The number of piperidine rings is 1. The first kappa shape index (κ1) is 31.0. The number of aromatic nitrogens is 1. The summed E-state index contributed by atoms with van der Waals surface area (Å²) in [5.74, 6) is 1.49. The predicted octanol–water partition coefficient (Wildman–Crippen LogP) is 8.33. The Kier molecular flexibility index (Phi) is 9.74. The molecule has 0 spiro atoms. The largest absolute Gasteiger partial charge is 0.490 e. The van der Waals surface area contributed by atoms with Crippen molar-refractivity contribution in [1.29, 1.82) is 0 Å². The second-order valence-electron chi connectivity index (χ2n) is 11.4. The fraction of sp³-hybridized carbons (Fsp3) is 0.184. The smallest absolute Gasteiger partial charge is 0.255 e. The van der Waals surface area contributed by atoms with Gasteiger partial charge in [0.2, 0.25) is 0 Å². The summed E-state index contributed by atoms with van der Waals surface area (Å²) in [6.45, 7) is 3.84. The van der Waals surface area contributed by atoms with Gasteiger partial charge in [0.05, 0.1) is 11.9 Å². The number of rotatable bonds is 9. The Bertz CT molecular complexity index is 1780. The molecule has 1 aliphatic heterocycles. The van der Waals surface area contributed by atoms with Crippen molar-refractivity contribution in [2.45, 2.75) is 32.5 Å². The van der Waals surface area contributed by atoms with E-state index in [-0.39, 0.29) is 17.9 Å². The first-order valence-electron chi connectivity index (χ1n) is 15.3. The Balaban J connectivity index is 0.951. The molecule has 1 N–H and O–H groups in total. The van der Waals surface area contributed by atoms with Crippen LogP contribution in [0.4, 0.5) is 5.69 Å². The van der Waals surface area contributed by atoms with Crippen molar-refractivity contribution in [2.75, 3.05) is 18.4 Å². The fourth-order valence-electron chi connectivity index (χ4n) is 5.32. The molecule has 1 fully saturated rings. The van der Waals surface area contributed by atoms with E-state index in [0.717, 1.165) is 56.6 Å². The number of hydrogen-bond donors (Lipinski definition) is 1. The topological polar surface area (TPSA) is 80.8 Å². The van der Waals surface area contributed by atoms with Gasteiger partial charge in [0.1, 0.15) is 24.2 Å². The first-order valence-corrected chi connectivity index (χ1v) is 16.1. The van der Waals surface area contributed by atoms with Crippen LogP contribution in [-0.4, -0.2) is 40.9 Å². The van der Waals surface area contributed by atoms with Gasteiger partial charge in [0.15, 0.2) is 0 Å². The number of halogens is 1. The van der Waals surface area contributed by atoms with Crippen LogP contribution in [0.3, 0.4) is 0 Å². The van der Waals surface area contributed by atoms with Crippen molar-refractivity contribution in [3.63, 3.8) is 0 Å². The number of likely N-dealkylation sites (tertiary alicyclic amines) is 1.